The highest BCUT2D eigenvalue weighted by Crippen LogP contribution is 2.31. The van der Waals surface area contributed by atoms with E-state index in [1.54, 1.807) is 4.90 Å². The van der Waals surface area contributed by atoms with Crippen molar-refractivity contribution in [3.63, 3.8) is 0 Å². The number of likely N-dealkylation sites (N-methyl/N-ethyl adjacent to an activating group) is 1. The van der Waals surface area contributed by atoms with E-state index in [1.807, 2.05) is 27.7 Å². The van der Waals surface area contributed by atoms with E-state index in [-0.39, 0.29) is 6.09 Å². The Morgan fingerprint density at radius 3 is 2.78 bits per heavy atom. The molecular formula is C19H30N2O2. The van der Waals surface area contributed by atoms with E-state index < -0.39 is 5.60 Å². The Bertz CT molecular complexity index is 549. The molecule has 0 fully saturated rings. The van der Waals surface area contributed by atoms with E-state index in [2.05, 4.69) is 30.4 Å². The van der Waals surface area contributed by atoms with Gasteiger partial charge < -0.3 is 15.0 Å². The molecule has 0 saturated heterocycles. The minimum absolute atomic E-state index is 0.232. The Kier molecular flexibility index (Phi) is 5.69. The van der Waals surface area contributed by atoms with Crippen LogP contribution in [0.1, 0.15) is 56.8 Å². The van der Waals surface area contributed by atoms with Gasteiger partial charge in [-0.05, 0) is 58.6 Å². The molecule has 0 heterocycles. The molecule has 23 heavy (non-hydrogen) atoms. The van der Waals surface area contributed by atoms with Crippen molar-refractivity contribution < 1.29 is 9.53 Å². The Hall–Kier alpha value is -1.55. The molecule has 0 aromatic heterocycles. The number of carbonyl (C=O) groups is 1. The first-order chi connectivity index (χ1) is 10.8. The summed E-state index contributed by atoms with van der Waals surface area (Å²) in [5, 5.41) is 3.60. The van der Waals surface area contributed by atoms with Crippen molar-refractivity contribution in [2.45, 2.75) is 59.1 Å². The third-order valence-corrected chi connectivity index (χ3v) is 4.19. The molecule has 2 rings (SSSR count). The molecule has 1 N–H and O–H groups in total. The number of fused-ring (bicyclic) bond motifs is 1. The summed E-state index contributed by atoms with van der Waals surface area (Å²) in [6.07, 6.45) is 2.04. The van der Waals surface area contributed by atoms with Gasteiger partial charge >= 0.3 is 6.09 Å². The highest BCUT2D eigenvalue weighted by molar-refractivity contribution is 5.68. The fourth-order valence-corrected chi connectivity index (χ4v) is 3.01. The molecule has 4 heteroatoms. The van der Waals surface area contributed by atoms with E-state index in [0.29, 0.717) is 19.1 Å². The van der Waals surface area contributed by atoms with Crippen molar-refractivity contribution in [1.29, 1.82) is 0 Å². The average Bonchev–Trinajstić information content (AvgIpc) is 2.84. The third-order valence-electron chi connectivity index (χ3n) is 4.19. The second-order valence-electron chi connectivity index (χ2n) is 7.31. The molecule has 0 spiro atoms. The molecule has 1 aromatic rings. The molecule has 0 aliphatic heterocycles. The molecule has 128 valence electrons. The predicted molar refractivity (Wildman–Crippen MR) is 93.7 cm³/mol. The number of hydrogen-bond donors (Lipinski definition) is 1. The molecule has 1 amide bonds. The first-order valence-corrected chi connectivity index (χ1v) is 8.61. The van der Waals surface area contributed by atoms with Gasteiger partial charge in [0, 0.05) is 25.7 Å². The number of rotatable bonds is 5. The summed E-state index contributed by atoms with van der Waals surface area (Å²) >= 11 is 0. The van der Waals surface area contributed by atoms with Crippen LogP contribution in [-0.4, -0.2) is 36.2 Å². The Morgan fingerprint density at radius 1 is 1.39 bits per heavy atom. The molecule has 0 radical (unpaired) electrons. The summed E-state index contributed by atoms with van der Waals surface area (Å²) < 4.78 is 5.44. The normalized spacial score (nSPS) is 17.0. The molecule has 0 bridgehead atoms. The van der Waals surface area contributed by atoms with Crippen molar-refractivity contribution in [1.82, 2.24) is 10.2 Å². The second kappa shape index (κ2) is 7.35. The lowest BCUT2D eigenvalue weighted by Gasteiger charge is -2.27. The minimum atomic E-state index is -0.445. The van der Waals surface area contributed by atoms with Crippen LogP contribution in [0, 0.1) is 6.92 Å². The number of nitrogens with one attached hydrogen (secondary N) is 1. The maximum atomic E-state index is 12.1. The van der Waals surface area contributed by atoms with Crippen LogP contribution < -0.4 is 5.32 Å². The number of hydrogen-bond acceptors (Lipinski definition) is 3. The Labute approximate surface area is 140 Å². The largest absolute Gasteiger partial charge is 0.444 e. The Balaban J connectivity index is 1.85. The summed E-state index contributed by atoms with van der Waals surface area (Å²) in [6, 6.07) is 7.11. The number of aryl methyl sites for hydroxylation is 2. The average molecular weight is 318 g/mol. The molecule has 1 unspecified atom stereocenters. The summed E-state index contributed by atoms with van der Waals surface area (Å²) in [7, 11) is 0. The molecule has 0 saturated carbocycles. The molecule has 1 atom stereocenters. The van der Waals surface area contributed by atoms with Crippen molar-refractivity contribution in [3.8, 4) is 0 Å². The van der Waals surface area contributed by atoms with Gasteiger partial charge in [-0.15, -0.1) is 0 Å². The van der Waals surface area contributed by atoms with E-state index in [4.69, 9.17) is 4.74 Å². The van der Waals surface area contributed by atoms with Gasteiger partial charge in [0.15, 0.2) is 0 Å². The molecule has 1 aromatic carbocycles. The highest BCUT2D eigenvalue weighted by Gasteiger charge is 2.23. The second-order valence-corrected chi connectivity index (χ2v) is 7.31. The lowest BCUT2D eigenvalue weighted by molar-refractivity contribution is 0.0261. The van der Waals surface area contributed by atoms with Crippen molar-refractivity contribution >= 4 is 6.09 Å². The number of nitrogens with zero attached hydrogens (tertiary/aromatic N) is 1. The van der Waals surface area contributed by atoms with Gasteiger partial charge in [-0.3, -0.25) is 0 Å². The van der Waals surface area contributed by atoms with Gasteiger partial charge in [-0.25, -0.2) is 4.79 Å². The van der Waals surface area contributed by atoms with E-state index in [1.165, 1.54) is 16.7 Å². The summed E-state index contributed by atoms with van der Waals surface area (Å²) in [5.74, 6) is 0. The Morgan fingerprint density at radius 2 is 2.13 bits per heavy atom. The SMILES string of the molecule is CCN(CCNC1CCc2ccc(C)cc21)C(=O)OC(C)(C)C. The zero-order valence-corrected chi connectivity index (χ0v) is 15.1. The fraction of sp³-hybridized carbons (Fsp3) is 0.632. The molecule has 1 aliphatic rings. The van der Waals surface area contributed by atoms with Crippen LogP contribution in [0.25, 0.3) is 0 Å². The van der Waals surface area contributed by atoms with Crippen LogP contribution in [0.5, 0.6) is 0 Å². The van der Waals surface area contributed by atoms with Gasteiger partial charge in [0.05, 0.1) is 0 Å². The van der Waals surface area contributed by atoms with E-state index in [9.17, 15) is 4.79 Å². The van der Waals surface area contributed by atoms with Crippen LogP contribution >= 0.6 is 0 Å². The molecule has 4 nitrogen and oxygen atoms in total. The lowest BCUT2D eigenvalue weighted by Crippen LogP contribution is -2.40. The smallest absolute Gasteiger partial charge is 0.410 e. The van der Waals surface area contributed by atoms with Gasteiger partial charge in [0.25, 0.3) is 0 Å². The zero-order valence-electron chi connectivity index (χ0n) is 15.1. The lowest BCUT2D eigenvalue weighted by atomic mass is 10.1. The quantitative estimate of drug-likeness (QED) is 0.897. The maximum absolute atomic E-state index is 12.1. The monoisotopic (exact) mass is 318 g/mol. The van der Waals surface area contributed by atoms with Gasteiger partial charge in [0.1, 0.15) is 5.60 Å². The van der Waals surface area contributed by atoms with Crippen LogP contribution in [0.4, 0.5) is 4.79 Å². The third kappa shape index (κ3) is 4.96. The topological polar surface area (TPSA) is 41.6 Å². The van der Waals surface area contributed by atoms with Crippen LogP contribution in [0.3, 0.4) is 0 Å². The van der Waals surface area contributed by atoms with Crippen molar-refractivity contribution in [2.75, 3.05) is 19.6 Å². The predicted octanol–water partition coefficient (Wildman–Crippen LogP) is 3.83. The minimum Gasteiger partial charge on any atom is -0.444 e. The number of benzene rings is 1. The molecular weight excluding hydrogens is 288 g/mol. The first kappa shape index (κ1) is 17.8. The van der Waals surface area contributed by atoms with Crippen molar-refractivity contribution in [2.24, 2.45) is 0 Å². The number of amides is 1. The summed E-state index contributed by atoms with van der Waals surface area (Å²) in [5.41, 5.74) is 3.74. The first-order valence-electron chi connectivity index (χ1n) is 8.61. The molecule has 1 aliphatic carbocycles. The van der Waals surface area contributed by atoms with Crippen LogP contribution in [0.2, 0.25) is 0 Å². The zero-order chi connectivity index (χ0) is 17.0. The fourth-order valence-electron chi connectivity index (χ4n) is 3.01. The maximum Gasteiger partial charge on any atom is 0.410 e. The van der Waals surface area contributed by atoms with E-state index in [0.717, 1.165) is 19.4 Å². The van der Waals surface area contributed by atoms with Gasteiger partial charge in [-0.1, -0.05) is 23.8 Å². The number of ether oxygens (including phenoxy) is 1. The highest BCUT2D eigenvalue weighted by atomic mass is 16.6. The van der Waals surface area contributed by atoms with Gasteiger partial charge in [0.2, 0.25) is 0 Å². The summed E-state index contributed by atoms with van der Waals surface area (Å²) in [4.78, 5) is 13.9. The summed E-state index contributed by atoms with van der Waals surface area (Å²) in [6.45, 7) is 11.9. The van der Waals surface area contributed by atoms with Crippen LogP contribution in [-0.2, 0) is 11.2 Å². The van der Waals surface area contributed by atoms with Crippen LogP contribution in [0.15, 0.2) is 18.2 Å². The standard InChI is InChI=1S/C19H30N2O2/c1-6-21(18(22)23-19(3,4)5)12-11-20-17-10-9-15-8-7-14(2)13-16(15)17/h7-8,13,17,20H,6,9-12H2,1-5H3. The number of carbonyl (C=O) groups excluding carboxylic acids is 1. The van der Waals surface area contributed by atoms with Gasteiger partial charge in [-0.2, -0.15) is 0 Å². The van der Waals surface area contributed by atoms with Crippen molar-refractivity contribution in [3.05, 3.63) is 34.9 Å². The van der Waals surface area contributed by atoms with E-state index >= 15 is 0 Å².